The minimum absolute atomic E-state index is 0.0961. The van der Waals surface area contributed by atoms with Gasteiger partial charge in [-0.3, -0.25) is 4.79 Å². The minimum atomic E-state index is -0.222. The maximum absolute atomic E-state index is 12.6. The average Bonchev–Trinajstić information content (AvgIpc) is 3.18. The van der Waals surface area contributed by atoms with Gasteiger partial charge in [0.1, 0.15) is 6.61 Å². The first-order valence-corrected chi connectivity index (χ1v) is 14.1. The van der Waals surface area contributed by atoms with Crippen molar-refractivity contribution in [2.45, 2.75) is 32.4 Å². The summed E-state index contributed by atoms with van der Waals surface area (Å²) in [5.41, 5.74) is 3.99. The molecule has 2 N–H and O–H groups in total. The maximum atomic E-state index is 12.6. The van der Waals surface area contributed by atoms with Crippen LogP contribution in [0, 0.1) is 3.57 Å². The second-order valence-electron chi connectivity index (χ2n) is 7.85. The predicted octanol–water partition coefficient (Wildman–Crippen LogP) is 7.19. The van der Waals surface area contributed by atoms with Crippen molar-refractivity contribution in [1.29, 1.82) is 0 Å². The van der Waals surface area contributed by atoms with Crippen molar-refractivity contribution in [2.24, 2.45) is 0 Å². The standard InChI is InChI=1S/C27H26BrIN2O3S/c1-3-17-7-11-21(12-8-17)30-27-31-26(32)24(35-27)15-19-13-22(29)25(23(14-19)33-4-2)34-16-18-5-9-20(28)10-6-18/h5-15,27,30H,3-4,16H2,1-2H3,(H,31,32)/b24-15-/t27-/m1/s1. The predicted molar refractivity (Wildman–Crippen MR) is 156 cm³/mol. The molecule has 1 heterocycles. The summed E-state index contributed by atoms with van der Waals surface area (Å²) in [6.07, 6.45) is 2.89. The monoisotopic (exact) mass is 664 g/mol. The molecule has 1 amide bonds. The van der Waals surface area contributed by atoms with Gasteiger partial charge in [0.25, 0.3) is 5.91 Å². The van der Waals surface area contributed by atoms with Crippen LogP contribution in [0.15, 0.2) is 70.0 Å². The van der Waals surface area contributed by atoms with Crippen molar-refractivity contribution < 1.29 is 14.3 Å². The van der Waals surface area contributed by atoms with Crippen LogP contribution in [0.2, 0.25) is 0 Å². The summed E-state index contributed by atoms with van der Waals surface area (Å²) < 4.78 is 14.0. The number of anilines is 1. The van der Waals surface area contributed by atoms with E-state index < -0.39 is 0 Å². The highest BCUT2D eigenvalue weighted by atomic mass is 127. The Morgan fingerprint density at radius 3 is 2.46 bits per heavy atom. The van der Waals surface area contributed by atoms with Crippen LogP contribution < -0.4 is 20.1 Å². The Morgan fingerprint density at radius 2 is 1.77 bits per heavy atom. The first-order valence-electron chi connectivity index (χ1n) is 11.3. The van der Waals surface area contributed by atoms with E-state index in [0.29, 0.717) is 29.6 Å². The zero-order chi connectivity index (χ0) is 24.8. The van der Waals surface area contributed by atoms with E-state index in [4.69, 9.17) is 9.47 Å². The molecule has 182 valence electrons. The number of carbonyl (C=O) groups excluding carboxylic acids is 1. The molecule has 5 nitrogen and oxygen atoms in total. The highest BCUT2D eigenvalue weighted by Gasteiger charge is 2.27. The molecule has 0 spiro atoms. The number of aryl methyl sites for hydroxylation is 1. The van der Waals surface area contributed by atoms with Gasteiger partial charge >= 0.3 is 0 Å². The van der Waals surface area contributed by atoms with E-state index in [9.17, 15) is 4.79 Å². The normalized spacial score (nSPS) is 16.3. The number of carbonyl (C=O) groups is 1. The fourth-order valence-corrected chi connectivity index (χ4v) is 5.55. The Labute approximate surface area is 232 Å². The van der Waals surface area contributed by atoms with Crippen molar-refractivity contribution in [3.8, 4) is 11.5 Å². The van der Waals surface area contributed by atoms with E-state index >= 15 is 0 Å². The SMILES string of the molecule is CCOc1cc(/C=C2\S[C@H](Nc3ccc(CC)cc3)NC2=O)cc(I)c1OCc1ccc(Br)cc1. The van der Waals surface area contributed by atoms with Crippen LogP contribution >= 0.6 is 50.3 Å². The Hall–Kier alpha value is -2.17. The Kier molecular flexibility index (Phi) is 9.02. The number of nitrogens with one attached hydrogen (secondary N) is 2. The summed E-state index contributed by atoms with van der Waals surface area (Å²) in [6.45, 7) is 5.03. The quantitative estimate of drug-likeness (QED) is 0.187. The number of hydrogen-bond acceptors (Lipinski definition) is 5. The summed E-state index contributed by atoms with van der Waals surface area (Å²) in [6, 6.07) is 20.2. The zero-order valence-electron chi connectivity index (χ0n) is 19.4. The van der Waals surface area contributed by atoms with Gasteiger partial charge in [0.2, 0.25) is 0 Å². The number of hydrogen-bond donors (Lipinski definition) is 2. The molecule has 4 rings (SSSR count). The van der Waals surface area contributed by atoms with Crippen molar-refractivity contribution in [3.63, 3.8) is 0 Å². The molecule has 1 atom stereocenters. The highest BCUT2D eigenvalue weighted by molar-refractivity contribution is 14.1. The molecule has 0 radical (unpaired) electrons. The van der Waals surface area contributed by atoms with Gasteiger partial charge in [0, 0.05) is 10.2 Å². The number of amides is 1. The van der Waals surface area contributed by atoms with Crippen LogP contribution in [0.25, 0.3) is 6.08 Å². The molecule has 0 aliphatic carbocycles. The van der Waals surface area contributed by atoms with Gasteiger partial charge in [-0.2, -0.15) is 0 Å². The minimum Gasteiger partial charge on any atom is -0.490 e. The van der Waals surface area contributed by atoms with Crippen LogP contribution in [0.4, 0.5) is 5.69 Å². The molecule has 0 bridgehead atoms. The lowest BCUT2D eigenvalue weighted by atomic mass is 10.1. The molecule has 0 aromatic heterocycles. The summed E-state index contributed by atoms with van der Waals surface area (Å²) in [4.78, 5) is 13.3. The third-order valence-electron chi connectivity index (χ3n) is 5.32. The first-order chi connectivity index (χ1) is 16.9. The summed E-state index contributed by atoms with van der Waals surface area (Å²) in [5.74, 6) is 1.27. The van der Waals surface area contributed by atoms with Crippen molar-refractivity contribution in [3.05, 3.63) is 90.3 Å². The van der Waals surface area contributed by atoms with Crippen LogP contribution in [0.5, 0.6) is 11.5 Å². The van der Waals surface area contributed by atoms with Gasteiger partial charge in [0.15, 0.2) is 17.0 Å². The van der Waals surface area contributed by atoms with Gasteiger partial charge in [0.05, 0.1) is 15.1 Å². The lowest BCUT2D eigenvalue weighted by molar-refractivity contribution is -0.116. The molecular weight excluding hydrogens is 639 g/mol. The molecule has 1 fully saturated rings. The number of benzene rings is 3. The number of ether oxygens (including phenoxy) is 2. The largest absolute Gasteiger partial charge is 0.490 e. The number of halogens is 2. The molecule has 3 aromatic rings. The van der Waals surface area contributed by atoms with Gasteiger partial charge in [-0.15, -0.1) is 0 Å². The second-order valence-corrected chi connectivity index (χ2v) is 11.1. The molecule has 3 aromatic carbocycles. The third kappa shape index (κ3) is 6.95. The maximum Gasteiger partial charge on any atom is 0.260 e. The zero-order valence-corrected chi connectivity index (χ0v) is 24.0. The van der Waals surface area contributed by atoms with E-state index in [1.54, 1.807) is 0 Å². The number of thioether (sulfide) groups is 1. The van der Waals surface area contributed by atoms with Crippen molar-refractivity contribution >= 4 is 68.0 Å². The fraction of sp³-hybridized carbons (Fsp3) is 0.222. The van der Waals surface area contributed by atoms with Crippen LogP contribution in [-0.2, 0) is 17.8 Å². The molecule has 1 aliphatic heterocycles. The van der Waals surface area contributed by atoms with E-state index in [-0.39, 0.29) is 11.4 Å². The summed E-state index contributed by atoms with van der Waals surface area (Å²) in [7, 11) is 0. The second kappa shape index (κ2) is 12.2. The van der Waals surface area contributed by atoms with Crippen molar-refractivity contribution in [1.82, 2.24) is 5.32 Å². The average molecular weight is 665 g/mol. The third-order valence-corrected chi connectivity index (χ3v) is 7.68. The molecule has 35 heavy (non-hydrogen) atoms. The summed E-state index contributed by atoms with van der Waals surface area (Å²) in [5, 5.41) is 6.36. The topological polar surface area (TPSA) is 59.6 Å². The number of rotatable bonds is 9. The van der Waals surface area contributed by atoms with E-state index in [2.05, 4.69) is 68.2 Å². The Balaban J connectivity index is 1.48. The van der Waals surface area contributed by atoms with Crippen LogP contribution in [-0.4, -0.2) is 18.0 Å². The van der Waals surface area contributed by atoms with Gasteiger partial charge in [-0.25, -0.2) is 0 Å². The van der Waals surface area contributed by atoms with E-state index in [1.807, 2.05) is 61.5 Å². The molecule has 1 saturated heterocycles. The molecule has 0 saturated carbocycles. The van der Waals surface area contributed by atoms with Gasteiger partial charge in [-0.1, -0.05) is 58.9 Å². The first kappa shape index (κ1) is 25.9. The van der Waals surface area contributed by atoms with Crippen molar-refractivity contribution in [2.75, 3.05) is 11.9 Å². The van der Waals surface area contributed by atoms with Crippen LogP contribution in [0.3, 0.4) is 0 Å². The van der Waals surface area contributed by atoms with Crippen LogP contribution in [0.1, 0.15) is 30.5 Å². The lowest BCUT2D eigenvalue weighted by Gasteiger charge is -2.15. The highest BCUT2D eigenvalue weighted by Crippen LogP contribution is 2.37. The molecule has 1 aliphatic rings. The molecular formula is C27H26BrIN2O3S. The fourth-order valence-electron chi connectivity index (χ4n) is 3.52. The molecule has 8 heteroatoms. The van der Waals surface area contributed by atoms with Gasteiger partial charge < -0.3 is 20.1 Å². The van der Waals surface area contributed by atoms with E-state index in [1.165, 1.54) is 17.3 Å². The summed E-state index contributed by atoms with van der Waals surface area (Å²) >= 11 is 7.18. The lowest BCUT2D eigenvalue weighted by Crippen LogP contribution is -2.30. The Bertz CT molecular complexity index is 1220. The van der Waals surface area contributed by atoms with E-state index in [0.717, 1.165) is 31.3 Å². The van der Waals surface area contributed by atoms with Gasteiger partial charge in [-0.05, 0) is 95.1 Å². The Morgan fingerprint density at radius 1 is 1.06 bits per heavy atom. The molecule has 0 unspecified atom stereocenters. The smallest absolute Gasteiger partial charge is 0.260 e.